The molecule has 0 unspecified atom stereocenters. The zero-order valence-corrected chi connectivity index (χ0v) is 16.9. The second kappa shape index (κ2) is 8.66. The van der Waals surface area contributed by atoms with Gasteiger partial charge >= 0.3 is 0 Å². The molecule has 0 amide bonds. The lowest BCUT2D eigenvalue weighted by atomic mass is 10.3. The number of rotatable bonds is 3. The topological polar surface area (TPSA) is 3.24 Å². The second-order valence-electron chi connectivity index (χ2n) is 7.03. The van der Waals surface area contributed by atoms with Gasteiger partial charge < -0.3 is 4.90 Å². The van der Waals surface area contributed by atoms with Crippen LogP contribution >= 0.6 is 0 Å². The first kappa shape index (κ1) is 18.2. The molecule has 0 radical (unpaired) electrons. The highest BCUT2D eigenvalue weighted by Gasteiger charge is 2.38. The van der Waals surface area contributed by atoms with E-state index in [4.69, 9.17) is 0 Å². The molecule has 0 spiro atoms. The maximum Gasteiger partial charge on any atom is 0.231 e. The summed E-state index contributed by atoms with van der Waals surface area (Å²) in [5.41, 5.74) is 3.69. The first-order valence-corrected chi connectivity index (χ1v) is 11.8. The maximum atomic E-state index is 3.69. The fourth-order valence-corrected chi connectivity index (χ4v) is 7.60. The van der Waals surface area contributed by atoms with Crippen molar-refractivity contribution in [3.8, 4) is 23.4 Å². The lowest BCUT2D eigenvalue weighted by Gasteiger charge is -2.27. The predicted molar refractivity (Wildman–Crippen MR) is 120 cm³/mol. The van der Waals surface area contributed by atoms with E-state index in [9.17, 15) is 0 Å². The van der Waals surface area contributed by atoms with Gasteiger partial charge in [0, 0.05) is 25.1 Å². The number of likely N-dealkylation sites (tertiary alicyclic amines) is 1. The van der Waals surface area contributed by atoms with Crippen LogP contribution < -0.4 is 15.6 Å². The Hall–Kier alpha value is -3.20. The van der Waals surface area contributed by atoms with Gasteiger partial charge in [0.25, 0.3) is 0 Å². The molecule has 1 aliphatic heterocycles. The van der Waals surface area contributed by atoms with Crippen LogP contribution in [0.2, 0.25) is 0 Å². The fourth-order valence-electron chi connectivity index (χ4n) is 3.84. The molecule has 0 aromatic heterocycles. The molecule has 3 aromatic carbocycles. The van der Waals surface area contributed by atoms with Crippen molar-refractivity contribution in [2.75, 3.05) is 13.1 Å². The molecule has 4 rings (SSSR count). The molecular formula is C26H23NSi. The molecule has 1 heterocycles. The van der Waals surface area contributed by atoms with Crippen LogP contribution in [0.5, 0.6) is 0 Å². The van der Waals surface area contributed by atoms with Crippen LogP contribution in [0.1, 0.15) is 12.8 Å². The van der Waals surface area contributed by atoms with Crippen molar-refractivity contribution < 1.29 is 0 Å². The maximum absolute atomic E-state index is 3.69. The van der Waals surface area contributed by atoms with E-state index in [2.05, 4.69) is 119 Å². The van der Waals surface area contributed by atoms with E-state index in [1.807, 2.05) is 0 Å². The standard InChI is InChI=1S/C26H23NSi/c1-4-14-24(15-5-1)28(25-16-6-2-7-17-25,26-18-8-3-9-19-26)23-13-12-22-27-20-10-11-21-27/h1-9,14-19H,10-11,20-21H2. The Morgan fingerprint density at radius 2 is 1.00 bits per heavy atom. The SMILES string of the molecule is C(C#C[Si](c1ccccc1)(c1ccccc1)c1ccccc1)#CN1CCCC1. The average molecular weight is 378 g/mol. The van der Waals surface area contributed by atoms with Crippen LogP contribution in [0, 0.1) is 23.4 Å². The summed E-state index contributed by atoms with van der Waals surface area (Å²) in [6.45, 7) is 2.13. The average Bonchev–Trinajstić information content (AvgIpc) is 3.30. The van der Waals surface area contributed by atoms with Crippen molar-refractivity contribution >= 4 is 23.6 Å². The summed E-state index contributed by atoms with van der Waals surface area (Å²) >= 11 is 0. The van der Waals surface area contributed by atoms with Gasteiger partial charge in [0.1, 0.15) is 0 Å². The summed E-state index contributed by atoms with van der Waals surface area (Å²) in [5, 5.41) is 3.88. The molecule has 1 nitrogen and oxygen atoms in total. The van der Waals surface area contributed by atoms with Crippen molar-refractivity contribution in [1.29, 1.82) is 0 Å². The summed E-state index contributed by atoms with van der Waals surface area (Å²) in [5.74, 6) is 6.40. The minimum Gasteiger partial charge on any atom is -0.332 e. The summed E-state index contributed by atoms with van der Waals surface area (Å²) in [7, 11) is -2.48. The lowest BCUT2D eigenvalue weighted by molar-refractivity contribution is 0.496. The minimum absolute atomic E-state index is 1.06. The summed E-state index contributed by atoms with van der Waals surface area (Å²) in [6, 6.07) is 35.4. The van der Waals surface area contributed by atoms with Crippen LogP contribution in [0.25, 0.3) is 0 Å². The molecule has 0 bridgehead atoms. The van der Waals surface area contributed by atoms with Gasteiger partial charge in [-0.05, 0) is 34.3 Å². The molecule has 0 N–H and O–H groups in total. The van der Waals surface area contributed by atoms with Gasteiger partial charge in [0.05, 0.1) is 0 Å². The van der Waals surface area contributed by atoms with Crippen LogP contribution in [0.3, 0.4) is 0 Å². The van der Waals surface area contributed by atoms with Crippen molar-refractivity contribution in [2.45, 2.75) is 12.8 Å². The molecule has 2 heteroatoms. The highest BCUT2D eigenvalue weighted by molar-refractivity contribution is 7.16. The Balaban J connectivity index is 1.89. The number of nitrogens with zero attached hydrogens (tertiary/aromatic N) is 1. The summed E-state index contributed by atoms with van der Waals surface area (Å²) < 4.78 is 0. The first-order valence-electron chi connectivity index (χ1n) is 9.84. The van der Waals surface area contributed by atoms with Crippen LogP contribution in [0.15, 0.2) is 91.0 Å². The van der Waals surface area contributed by atoms with Crippen LogP contribution in [-0.4, -0.2) is 26.1 Å². The summed E-state index contributed by atoms with van der Waals surface area (Å²) in [6.07, 6.45) is 2.47. The second-order valence-corrected chi connectivity index (χ2v) is 10.5. The van der Waals surface area contributed by atoms with Gasteiger partial charge in [-0.25, -0.2) is 0 Å². The zero-order valence-electron chi connectivity index (χ0n) is 15.9. The van der Waals surface area contributed by atoms with Crippen molar-refractivity contribution in [2.24, 2.45) is 0 Å². The third-order valence-corrected chi connectivity index (χ3v) is 9.35. The van der Waals surface area contributed by atoms with Crippen LogP contribution in [0.4, 0.5) is 0 Å². The highest BCUT2D eigenvalue weighted by Crippen LogP contribution is 2.07. The Morgan fingerprint density at radius 1 is 0.571 bits per heavy atom. The molecule has 0 atom stereocenters. The Morgan fingerprint density at radius 3 is 1.43 bits per heavy atom. The number of benzene rings is 3. The highest BCUT2D eigenvalue weighted by atomic mass is 28.3. The Labute approximate surface area is 169 Å². The van der Waals surface area contributed by atoms with Crippen molar-refractivity contribution in [3.05, 3.63) is 91.0 Å². The first-order chi connectivity index (χ1) is 13.9. The normalized spacial score (nSPS) is 13.2. The van der Waals surface area contributed by atoms with Gasteiger partial charge in [0.2, 0.25) is 8.07 Å². The third kappa shape index (κ3) is 3.74. The molecular weight excluding hydrogens is 354 g/mol. The molecule has 0 aliphatic carbocycles. The van der Waals surface area contributed by atoms with Crippen molar-refractivity contribution in [1.82, 2.24) is 4.90 Å². The fraction of sp³-hybridized carbons (Fsp3) is 0.154. The van der Waals surface area contributed by atoms with Gasteiger partial charge in [0.15, 0.2) is 0 Å². The molecule has 28 heavy (non-hydrogen) atoms. The lowest BCUT2D eigenvalue weighted by Crippen LogP contribution is -2.66. The van der Waals surface area contributed by atoms with E-state index < -0.39 is 8.07 Å². The molecule has 1 saturated heterocycles. The Bertz CT molecular complexity index is 918. The Kier molecular flexibility index (Phi) is 5.62. The van der Waals surface area contributed by atoms with Gasteiger partial charge in [-0.3, -0.25) is 0 Å². The monoisotopic (exact) mass is 377 g/mol. The van der Waals surface area contributed by atoms with Crippen molar-refractivity contribution in [3.63, 3.8) is 0 Å². The van der Waals surface area contributed by atoms with E-state index in [1.165, 1.54) is 28.4 Å². The van der Waals surface area contributed by atoms with E-state index in [0.717, 1.165) is 13.1 Å². The minimum atomic E-state index is -2.48. The number of hydrogen-bond donors (Lipinski definition) is 0. The van der Waals surface area contributed by atoms with Gasteiger partial charge in [-0.1, -0.05) is 91.0 Å². The largest absolute Gasteiger partial charge is 0.332 e. The van der Waals surface area contributed by atoms with E-state index >= 15 is 0 Å². The van der Waals surface area contributed by atoms with E-state index in [0.29, 0.717) is 0 Å². The third-order valence-electron chi connectivity index (χ3n) is 5.25. The summed E-state index contributed by atoms with van der Waals surface area (Å²) in [4.78, 5) is 2.19. The van der Waals surface area contributed by atoms with Gasteiger partial charge in [-0.15, -0.1) is 5.54 Å². The molecule has 1 aliphatic rings. The van der Waals surface area contributed by atoms with E-state index in [-0.39, 0.29) is 0 Å². The van der Waals surface area contributed by atoms with Crippen LogP contribution in [-0.2, 0) is 0 Å². The number of hydrogen-bond acceptors (Lipinski definition) is 1. The predicted octanol–water partition coefficient (Wildman–Crippen LogP) is 2.76. The molecule has 3 aromatic rings. The quantitative estimate of drug-likeness (QED) is 0.385. The smallest absolute Gasteiger partial charge is 0.231 e. The van der Waals surface area contributed by atoms with Gasteiger partial charge in [-0.2, -0.15) is 0 Å². The zero-order chi connectivity index (χ0) is 19.1. The molecule has 136 valence electrons. The van der Waals surface area contributed by atoms with E-state index in [1.54, 1.807) is 0 Å². The molecule has 1 fully saturated rings. The molecule has 0 saturated carbocycles.